The Hall–Kier alpha value is -1.51. The maximum atomic E-state index is 11.7. The first kappa shape index (κ1) is 14.9. The quantitative estimate of drug-likeness (QED) is 0.497. The van der Waals surface area contributed by atoms with Gasteiger partial charge >= 0.3 is 13.4 Å². The summed E-state index contributed by atoms with van der Waals surface area (Å²) in [5, 5.41) is 0. The van der Waals surface area contributed by atoms with Crippen molar-refractivity contribution in [3.63, 3.8) is 0 Å². The van der Waals surface area contributed by atoms with Gasteiger partial charge in [0.1, 0.15) is 6.10 Å². The molecule has 2 heterocycles. The molecule has 10 heteroatoms. The van der Waals surface area contributed by atoms with Crippen LogP contribution in [-0.4, -0.2) is 27.2 Å². The topological polar surface area (TPSA) is 137 Å². The van der Waals surface area contributed by atoms with E-state index in [1.54, 1.807) is 19.1 Å². The largest absolute Gasteiger partial charge is 0.400 e. The van der Waals surface area contributed by atoms with Crippen molar-refractivity contribution in [3.05, 3.63) is 44.8 Å². The minimum atomic E-state index is -4.06. The second-order valence-corrected chi connectivity index (χ2v) is 5.67. The average Bonchev–Trinajstić information content (AvgIpc) is 2.79. The van der Waals surface area contributed by atoms with E-state index in [1.165, 1.54) is 10.8 Å². The number of ether oxygens (including phenoxy) is 1. The molecule has 0 bridgehead atoms. The number of hydrogen-bond acceptors (Lipinski definition) is 5. The molecule has 20 heavy (non-hydrogen) atoms. The Kier molecular flexibility index (Phi) is 4.07. The first-order valence-corrected chi connectivity index (χ1v) is 7.33. The molecule has 1 aromatic heterocycles. The summed E-state index contributed by atoms with van der Waals surface area (Å²) in [5.41, 5.74) is 4.13. The number of hydrogen-bond donors (Lipinski definition) is 3. The monoisotopic (exact) mass is 303 g/mol. The maximum absolute atomic E-state index is 11.7. The molecule has 1 aliphatic heterocycles. The van der Waals surface area contributed by atoms with E-state index in [1.807, 2.05) is 0 Å². The summed E-state index contributed by atoms with van der Waals surface area (Å²) in [6.07, 6.45) is 3.20. The van der Waals surface area contributed by atoms with E-state index in [0.717, 1.165) is 0 Å². The highest BCUT2D eigenvalue weighted by atomic mass is 31.2. The van der Waals surface area contributed by atoms with E-state index in [2.05, 4.69) is 9.51 Å². The normalized spacial score (nSPS) is 24.8. The third kappa shape index (κ3) is 3.53. The molecular weight excluding hydrogens is 289 g/mol. The van der Waals surface area contributed by atoms with Crippen LogP contribution in [0.15, 0.2) is 27.9 Å². The number of aromatic nitrogens is 2. The van der Waals surface area contributed by atoms with Crippen molar-refractivity contribution >= 4 is 7.75 Å². The number of nitrogens with two attached hydrogens (primary N) is 1. The smallest absolute Gasteiger partial charge is 0.344 e. The van der Waals surface area contributed by atoms with Crippen LogP contribution in [0.4, 0.5) is 0 Å². The number of nitrogens with one attached hydrogen (secondary N) is 1. The molecule has 1 aliphatic rings. The maximum Gasteiger partial charge on any atom is 0.400 e. The number of rotatable bonds is 4. The summed E-state index contributed by atoms with van der Waals surface area (Å²) in [6.45, 7) is 1.35. The molecule has 0 saturated carbocycles. The highest BCUT2D eigenvalue weighted by molar-refractivity contribution is 7.50. The van der Waals surface area contributed by atoms with Crippen LogP contribution in [-0.2, 0) is 13.8 Å². The Labute approximate surface area is 113 Å². The second-order valence-electron chi connectivity index (χ2n) is 4.29. The fourth-order valence-electron chi connectivity index (χ4n) is 1.70. The van der Waals surface area contributed by atoms with Gasteiger partial charge in [0.05, 0.1) is 6.61 Å². The lowest BCUT2D eigenvalue weighted by molar-refractivity contribution is -0.00719. The molecule has 0 aliphatic carbocycles. The van der Waals surface area contributed by atoms with Crippen LogP contribution in [0.1, 0.15) is 11.8 Å². The standard InChI is InChI=1S/C10H14N3O6P/c1-6-4-13(10(15)12-9(6)14)8-3-2-7(19-8)5-18-20(11,16)17/h2-4,7-8H,5H2,1H3,(H3,11,16,17)(H,12,14,15)/t7-,8+/m0/s1. The molecule has 1 unspecified atom stereocenters. The minimum absolute atomic E-state index is 0.214. The predicted molar refractivity (Wildman–Crippen MR) is 69.1 cm³/mol. The van der Waals surface area contributed by atoms with Gasteiger partial charge in [0.25, 0.3) is 5.56 Å². The Balaban J connectivity index is 2.09. The third-order valence-electron chi connectivity index (χ3n) is 2.65. The van der Waals surface area contributed by atoms with Crippen LogP contribution < -0.4 is 16.8 Å². The zero-order chi connectivity index (χ0) is 14.9. The molecule has 0 fully saturated rings. The van der Waals surface area contributed by atoms with E-state index >= 15 is 0 Å². The second kappa shape index (κ2) is 5.47. The number of aromatic amines is 1. The average molecular weight is 303 g/mol. The predicted octanol–water partition coefficient (Wildman–Crippen LogP) is -0.626. The number of nitrogens with zero attached hydrogens (tertiary/aromatic N) is 1. The molecule has 3 atom stereocenters. The van der Waals surface area contributed by atoms with Crippen molar-refractivity contribution in [2.24, 2.45) is 5.50 Å². The summed E-state index contributed by atoms with van der Waals surface area (Å²) in [5.74, 6) is 0. The SMILES string of the molecule is Cc1cn([C@H]2C=C[C@@H](COP(N)(=O)O)O2)c(=O)[nH]c1=O. The van der Waals surface area contributed by atoms with Gasteiger partial charge in [0.15, 0.2) is 6.23 Å². The molecular formula is C10H14N3O6P. The summed E-state index contributed by atoms with van der Waals surface area (Å²) < 4.78 is 22.0. The van der Waals surface area contributed by atoms with Gasteiger partial charge in [0, 0.05) is 11.8 Å². The van der Waals surface area contributed by atoms with Crippen molar-refractivity contribution in [2.45, 2.75) is 19.3 Å². The Morgan fingerprint density at radius 3 is 2.90 bits per heavy atom. The van der Waals surface area contributed by atoms with E-state index in [0.29, 0.717) is 5.56 Å². The molecule has 9 nitrogen and oxygen atoms in total. The van der Waals surface area contributed by atoms with Crippen LogP contribution in [0, 0.1) is 6.92 Å². The van der Waals surface area contributed by atoms with Crippen molar-refractivity contribution in [1.29, 1.82) is 0 Å². The zero-order valence-corrected chi connectivity index (χ0v) is 11.4. The molecule has 0 saturated heterocycles. The van der Waals surface area contributed by atoms with Crippen LogP contribution >= 0.6 is 7.75 Å². The highest BCUT2D eigenvalue weighted by Crippen LogP contribution is 2.32. The third-order valence-corrected chi connectivity index (χ3v) is 3.17. The lowest BCUT2D eigenvalue weighted by Gasteiger charge is -2.16. The lowest BCUT2D eigenvalue weighted by atomic mass is 10.3. The van der Waals surface area contributed by atoms with Crippen molar-refractivity contribution < 1.29 is 18.7 Å². The van der Waals surface area contributed by atoms with Gasteiger partial charge in [0.2, 0.25) is 0 Å². The van der Waals surface area contributed by atoms with Crippen LogP contribution in [0.5, 0.6) is 0 Å². The van der Waals surface area contributed by atoms with Crippen molar-refractivity contribution in [2.75, 3.05) is 6.61 Å². The Bertz CT molecular complexity index is 687. The van der Waals surface area contributed by atoms with Crippen molar-refractivity contribution in [3.8, 4) is 0 Å². The molecule has 110 valence electrons. The molecule has 0 spiro atoms. The van der Waals surface area contributed by atoms with Gasteiger partial charge < -0.3 is 9.63 Å². The fourth-order valence-corrected chi connectivity index (χ4v) is 2.06. The molecule has 2 rings (SSSR count). The molecule has 4 N–H and O–H groups in total. The first-order chi connectivity index (χ1) is 9.26. The van der Waals surface area contributed by atoms with Gasteiger partial charge in [-0.05, 0) is 13.0 Å². The van der Waals surface area contributed by atoms with Gasteiger partial charge in [-0.2, -0.15) is 0 Å². The summed E-state index contributed by atoms with van der Waals surface area (Å²) in [6, 6.07) is 0. The Morgan fingerprint density at radius 1 is 1.55 bits per heavy atom. The molecule has 0 radical (unpaired) electrons. The summed E-state index contributed by atoms with van der Waals surface area (Å²) in [4.78, 5) is 33.9. The lowest BCUT2D eigenvalue weighted by Crippen LogP contribution is -2.33. The number of H-pyrrole nitrogens is 1. The van der Waals surface area contributed by atoms with E-state index in [-0.39, 0.29) is 6.61 Å². The Morgan fingerprint density at radius 2 is 2.25 bits per heavy atom. The van der Waals surface area contributed by atoms with Crippen LogP contribution in [0.2, 0.25) is 0 Å². The van der Waals surface area contributed by atoms with Gasteiger partial charge in [-0.3, -0.25) is 18.9 Å². The van der Waals surface area contributed by atoms with Gasteiger partial charge in [-0.1, -0.05) is 6.08 Å². The molecule has 1 aromatic rings. The van der Waals surface area contributed by atoms with Gasteiger partial charge in [-0.15, -0.1) is 0 Å². The van der Waals surface area contributed by atoms with E-state index in [4.69, 9.17) is 15.1 Å². The summed E-state index contributed by atoms with van der Waals surface area (Å²) in [7, 11) is -4.06. The fraction of sp³-hybridized carbons (Fsp3) is 0.400. The van der Waals surface area contributed by atoms with Crippen LogP contribution in [0.3, 0.4) is 0 Å². The zero-order valence-electron chi connectivity index (χ0n) is 10.6. The van der Waals surface area contributed by atoms with Crippen LogP contribution in [0.25, 0.3) is 0 Å². The minimum Gasteiger partial charge on any atom is -0.344 e. The number of aryl methyl sites for hydroxylation is 1. The van der Waals surface area contributed by atoms with Gasteiger partial charge in [-0.25, -0.2) is 14.9 Å². The molecule has 0 amide bonds. The van der Waals surface area contributed by atoms with Crippen molar-refractivity contribution in [1.82, 2.24) is 9.55 Å². The highest BCUT2D eigenvalue weighted by Gasteiger charge is 2.24. The van der Waals surface area contributed by atoms with E-state index < -0.39 is 31.3 Å². The summed E-state index contributed by atoms with van der Waals surface area (Å²) >= 11 is 0. The first-order valence-electron chi connectivity index (χ1n) is 5.68. The van der Waals surface area contributed by atoms with E-state index in [9.17, 15) is 14.2 Å². The molecule has 0 aromatic carbocycles.